The quantitative estimate of drug-likeness (QED) is 0.745. The van der Waals surface area contributed by atoms with Gasteiger partial charge in [-0.1, -0.05) is 23.7 Å². The van der Waals surface area contributed by atoms with Crippen LogP contribution in [0.25, 0.3) is 0 Å². The number of aryl methyl sites for hydroxylation is 1. The highest BCUT2D eigenvalue weighted by atomic mass is 127. The molecule has 5 heteroatoms. The Hall–Kier alpha value is -1.14. The number of anilines is 1. The maximum absolute atomic E-state index is 13.8. The summed E-state index contributed by atoms with van der Waals surface area (Å²) < 4.78 is 14.6. The summed E-state index contributed by atoms with van der Waals surface area (Å²) in [6.45, 7) is 1.62. The van der Waals surface area contributed by atoms with Crippen molar-refractivity contribution in [2.75, 3.05) is 5.32 Å². The molecule has 2 aromatic rings. The summed E-state index contributed by atoms with van der Waals surface area (Å²) in [5.74, 6) is -0.967. The Balaban J connectivity index is 2.28. The van der Waals surface area contributed by atoms with Gasteiger partial charge in [0.2, 0.25) is 0 Å². The smallest absolute Gasteiger partial charge is 0.258 e. The molecular formula is C14H10ClFINO. The van der Waals surface area contributed by atoms with E-state index in [1.165, 1.54) is 6.07 Å². The fourth-order valence-electron chi connectivity index (χ4n) is 1.60. The third-order valence-corrected chi connectivity index (χ3v) is 3.74. The van der Waals surface area contributed by atoms with Gasteiger partial charge in [-0.2, -0.15) is 0 Å². The molecule has 19 heavy (non-hydrogen) atoms. The molecular weight excluding hydrogens is 380 g/mol. The van der Waals surface area contributed by atoms with E-state index in [0.717, 1.165) is 3.57 Å². The molecule has 0 saturated heterocycles. The Labute approximate surface area is 129 Å². The van der Waals surface area contributed by atoms with Crippen molar-refractivity contribution in [3.8, 4) is 0 Å². The summed E-state index contributed by atoms with van der Waals surface area (Å²) in [6, 6.07) is 9.82. The van der Waals surface area contributed by atoms with E-state index in [4.69, 9.17) is 11.6 Å². The molecule has 0 radical (unpaired) electrons. The minimum atomic E-state index is -0.496. The highest BCUT2D eigenvalue weighted by Crippen LogP contribution is 2.23. The van der Waals surface area contributed by atoms with Crippen LogP contribution in [0.1, 0.15) is 15.9 Å². The molecule has 2 aromatic carbocycles. The predicted molar refractivity (Wildman–Crippen MR) is 83.3 cm³/mol. The highest BCUT2D eigenvalue weighted by Gasteiger charge is 2.14. The van der Waals surface area contributed by atoms with E-state index in [9.17, 15) is 9.18 Å². The van der Waals surface area contributed by atoms with E-state index < -0.39 is 11.7 Å². The number of amides is 1. The topological polar surface area (TPSA) is 29.1 Å². The molecule has 98 valence electrons. The molecule has 0 aliphatic heterocycles. The Morgan fingerprint density at radius 3 is 2.74 bits per heavy atom. The number of nitrogens with one attached hydrogen (secondary N) is 1. The zero-order valence-corrected chi connectivity index (χ0v) is 12.9. The van der Waals surface area contributed by atoms with Crippen LogP contribution in [0.4, 0.5) is 10.1 Å². The first-order valence-electron chi connectivity index (χ1n) is 5.50. The highest BCUT2D eigenvalue weighted by molar-refractivity contribution is 14.1. The van der Waals surface area contributed by atoms with Crippen LogP contribution in [0.15, 0.2) is 36.4 Å². The van der Waals surface area contributed by atoms with Crippen molar-refractivity contribution in [1.29, 1.82) is 0 Å². The Morgan fingerprint density at radius 1 is 1.32 bits per heavy atom. The van der Waals surface area contributed by atoms with Crippen molar-refractivity contribution >= 4 is 45.8 Å². The fraction of sp³-hybridized carbons (Fsp3) is 0.0714. The van der Waals surface area contributed by atoms with Crippen LogP contribution in [0.2, 0.25) is 5.02 Å². The lowest BCUT2D eigenvalue weighted by atomic mass is 10.1. The van der Waals surface area contributed by atoms with E-state index in [1.54, 1.807) is 37.3 Å². The fourth-order valence-corrected chi connectivity index (χ4v) is 2.61. The monoisotopic (exact) mass is 389 g/mol. The molecule has 0 aromatic heterocycles. The maximum atomic E-state index is 13.8. The van der Waals surface area contributed by atoms with Gasteiger partial charge in [0.05, 0.1) is 11.3 Å². The average molecular weight is 390 g/mol. The zero-order chi connectivity index (χ0) is 14.0. The average Bonchev–Trinajstić information content (AvgIpc) is 2.36. The standard InChI is InChI=1S/C14H10ClFINO/c1-8-3-2-4-10(13(8)16)14(19)18-12-6-5-9(15)7-11(12)17/h2-7H,1H3,(H,18,19). The van der Waals surface area contributed by atoms with Crippen LogP contribution in [-0.4, -0.2) is 5.91 Å². The normalized spacial score (nSPS) is 10.3. The summed E-state index contributed by atoms with van der Waals surface area (Å²) >= 11 is 7.90. The number of hydrogen-bond donors (Lipinski definition) is 1. The molecule has 0 spiro atoms. The number of hydrogen-bond acceptors (Lipinski definition) is 1. The lowest BCUT2D eigenvalue weighted by Gasteiger charge is -2.09. The van der Waals surface area contributed by atoms with Gasteiger partial charge in [-0.15, -0.1) is 0 Å². The summed E-state index contributed by atoms with van der Waals surface area (Å²) in [5, 5.41) is 3.26. The second kappa shape index (κ2) is 5.88. The molecule has 0 heterocycles. The molecule has 2 nitrogen and oxygen atoms in total. The Kier molecular flexibility index (Phi) is 4.42. The van der Waals surface area contributed by atoms with Gasteiger partial charge in [0.15, 0.2) is 0 Å². The van der Waals surface area contributed by atoms with Crippen molar-refractivity contribution in [2.45, 2.75) is 6.92 Å². The summed E-state index contributed by atoms with van der Waals surface area (Å²) in [6.07, 6.45) is 0. The van der Waals surface area contributed by atoms with Crippen LogP contribution in [0, 0.1) is 16.3 Å². The number of rotatable bonds is 2. The molecule has 0 aliphatic rings. The summed E-state index contributed by atoms with van der Waals surface area (Å²) in [5.41, 5.74) is 1.08. The predicted octanol–water partition coefficient (Wildman–Crippen LogP) is 4.64. The molecule has 0 fully saturated rings. The SMILES string of the molecule is Cc1cccc(C(=O)Nc2ccc(Cl)cc2I)c1F. The minimum absolute atomic E-state index is 0.0331. The number of carbonyl (C=O) groups excluding carboxylic acids is 1. The molecule has 0 atom stereocenters. The minimum Gasteiger partial charge on any atom is -0.321 e. The first-order chi connectivity index (χ1) is 8.99. The first-order valence-corrected chi connectivity index (χ1v) is 6.96. The van der Waals surface area contributed by atoms with Gasteiger partial charge < -0.3 is 5.32 Å². The first kappa shape index (κ1) is 14.3. The van der Waals surface area contributed by atoms with Gasteiger partial charge in [0, 0.05) is 8.59 Å². The third kappa shape index (κ3) is 3.25. The van der Waals surface area contributed by atoms with Crippen molar-refractivity contribution in [3.05, 3.63) is 61.9 Å². The van der Waals surface area contributed by atoms with Crippen LogP contribution in [-0.2, 0) is 0 Å². The van der Waals surface area contributed by atoms with Crippen LogP contribution < -0.4 is 5.32 Å². The second-order valence-corrected chi connectivity index (χ2v) is 5.61. The van der Waals surface area contributed by atoms with Crippen LogP contribution in [0.5, 0.6) is 0 Å². The van der Waals surface area contributed by atoms with Gasteiger partial charge >= 0.3 is 0 Å². The third-order valence-electron chi connectivity index (χ3n) is 2.62. The summed E-state index contributed by atoms with van der Waals surface area (Å²) in [7, 11) is 0. The van der Waals surface area contributed by atoms with Gasteiger partial charge in [-0.3, -0.25) is 4.79 Å². The molecule has 1 N–H and O–H groups in total. The molecule has 0 bridgehead atoms. The van der Waals surface area contributed by atoms with Gasteiger partial charge in [-0.05, 0) is 59.3 Å². The van der Waals surface area contributed by atoms with Gasteiger partial charge in [-0.25, -0.2) is 4.39 Å². The van der Waals surface area contributed by atoms with Crippen molar-refractivity contribution < 1.29 is 9.18 Å². The molecule has 0 aliphatic carbocycles. The van der Waals surface area contributed by atoms with Crippen LogP contribution in [0.3, 0.4) is 0 Å². The molecule has 0 saturated carbocycles. The number of halogens is 3. The number of carbonyl (C=O) groups is 1. The van der Waals surface area contributed by atoms with E-state index in [-0.39, 0.29) is 5.56 Å². The largest absolute Gasteiger partial charge is 0.321 e. The van der Waals surface area contributed by atoms with Gasteiger partial charge in [0.25, 0.3) is 5.91 Å². The van der Waals surface area contributed by atoms with E-state index in [2.05, 4.69) is 27.9 Å². The maximum Gasteiger partial charge on any atom is 0.258 e. The van der Waals surface area contributed by atoms with E-state index in [1.807, 2.05) is 0 Å². The summed E-state index contributed by atoms with van der Waals surface area (Å²) in [4.78, 5) is 12.0. The molecule has 1 amide bonds. The van der Waals surface area contributed by atoms with Crippen molar-refractivity contribution in [2.24, 2.45) is 0 Å². The second-order valence-electron chi connectivity index (χ2n) is 4.01. The van der Waals surface area contributed by atoms with E-state index in [0.29, 0.717) is 16.3 Å². The Bertz CT molecular complexity index is 645. The van der Waals surface area contributed by atoms with E-state index >= 15 is 0 Å². The molecule has 0 unspecified atom stereocenters. The van der Waals surface area contributed by atoms with Crippen molar-refractivity contribution in [3.63, 3.8) is 0 Å². The Morgan fingerprint density at radius 2 is 2.05 bits per heavy atom. The number of benzene rings is 2. The van der Waals surface area contributed by atoms with Crippen LogP contribution >= 0.6 is 34.2 Å². The lowest BCUT2D eigenvalue weighted by molar-refractivity contribution is 0.102. The van der Waals surface area contributed by atoms with Crippen molar-refractivity contribution in [1.82, 2.24) is 0 Å². The molecule has 2 rings (SSSR count). The van der Waals surface area contributed by atoms with Gasteiger partial charge in [0.1, 0.15) is 5.82 Å². The zero-order valence-electron chi connectivity index (χ0n) is 10.0. The lowest BCUT2D eigenvalue weighted by Crippen LogP contribution is -2.15.